The maximum atomic E-state index is 12.1. The first kappa shape index (κ1) is 22.7. The van der Waals surface area contributed by atoms with Gasteiger partial charge in [0.25, 0.3) is 0 Å². The van der Waals surface area contributed by atoms with Crippen LogP contribution in [-0.4, -0.2) is 66.3 Å². The van der Waals surface area contributed by atoms with Crippen molar-refractivity contribution in [3.63, 3.8) is 0 Å². The highest BCUT2D eigenvalue weighted by Crippen LogP contribution is 2.49. The Bertz CT molecular complexity index is 1200. The fraction of sp³-hybridized carbons (Fsp3) is 0.444. The summed E-state index contributed by atoms with van der Waals surface area (Å²) in [6.07, 6.45) is 1.78. The molecule has 1 fully saturated rings. The normalized spacial score (nSPS) is 19.9. The first-order chi connectivity index (χ1) is 16.5. The zero-order chi connectivity index (χ0) is 23.9. The third-order valence-electron chi connectivity index (χ3n) is 7.75. The molecule has 5 rings (SSSR count). The highest BCUT2D eigenvalue weighted by molar-refractivity contribution is 5.88. The predicted molar refractivity (Wildman–Crippen MR) is 131 cm³/mol. The van der Waals surface area contributed by atoms with Crippen molar-refractivity contribution in [2.24, 2.45) is 0 Å². The molecule has 3 aromatic rings. The molecular weight excluding hydrogens is 430 g/mol. The largest absolute Gasteiger partial charge is 0.497 e. The van der Waals surface area contributed by atoms with Crippen molar-refractivity contribution < 1.29 is 19.4 Å². The van der Waals surface area contributed by atoms with E-state index in [4.69, 9.17) is 9.47 Å². The van der Waals surface area contributed by atoms with Crippen LogP contribution in [0.25, 0.3) is 10.9 Å². The Balaban J connectivity index is 1.62. The number of rotatable bonds is 5. The Morgan fingerprint density at radius 2 is 1.91 bits per heavy atom. The minimum atomic E-state index is -0.158. The van der Waals surface area contributed by atoms with Crippen LogP contribution in [0.1, 0.15) is 42.6 Å². The van der Waals surface area contributed by atoms with Crippen LogP contribution in [0.3, 0.4) is 0 Å². The number of carbonyl (C=O) groups is 1. The number of aromatic nitrogens is 1. The summed E-state index contributed by atoms with van der Waals surface area (Å²) in [5.74, 6) is 1.79. The number of piperidine rings is 1. The average molecular weight is 464 g/mol. The molecule has 2 aromatic carbocycles. The van der Waals surface area contributed by atoms with Crippen LogP contribution in [0.15, 0.2) is 42.5 Å². The highest BCUT2D eigenvalue weighted by Gasteiger charge is 2.47. The Morgan fingerprint density at radius 1 is 1.15 bits per heavy atom. The first-order valence-corrected chi connectivity index (χ1v) is 11.9. The molecule has 2 aliphatic heterocycles. The number of H-pyrrole nitrogens is 1. The number of nitrogens with zero attached hydrogens (tertiary/aromatic N) is 2. The second-order valence-corrected chi connectivity index (χ2v) is 9.53. The SMILES string of the molecule is COc1ccc2c3c([nH]c2c1)[C@@H](CO)N(Cc1ccccc1OC)CC31CCN(C(C)=O)CC1. The van der Waals surface area contributed by atoms with E-state index in [1.807, 2.05) is 35.2 Å². The van der Waals surface area contributed by atoms with Crippen LogP contribution in [0.2, 0.25) is 0 Å². The van der Waals surface area contributed by atoms with Gasteiger partial charge in [0.15, 0.2) is 0 Å². The van der Waals surface area contributed by atoms with Crippen LogP contribution in [0.4, 0.5) is 0 Å². The van der Waals surface area contributed by atoms with Gasteiger partial charge in [0.1, 0.15) is 11.5 Å². The molecule has 1 saturated heterocycles. The summed E-state index contributed by atoms with van der Waals surface area (Å²) in [6, 6.07) is 14.1. The van der Waals surface area contributed by atoms with E-state index in [1.54, 1.807) is 21.1 Å². The monoisotopic (exact) mass is 463 g/mol. The summed E-state index contributed by atoms with van der Waals surface area (Å²) in [6.45, 7) is 4.63. The molecule has 7 heteroatoms. The number of amides is 1. The lowest BCUT2D eigenvalue weighted by Crippen LogP contribution is -2.54. The fourth-order valence-electron chi connectivity index (χ4n) is 5.99. The Morgan fingerprint density at radius 3 is 2.59 bits per heavy atom. The van der Waals surface area contributed by atoms with Gasteiger partial charge in [-0.25, -0.2) is 0 Å². The second kappa shape index (κ2) is 8.96. The molecule has 1 amide bonds. The second-order valence-electron chi connectivity index (χ2n) is 9.53. The minimum absolute atomic E-state index is 0.0156. The Kier molecular flexibility index (Phi) is 6.00. The molecule has 0 bridgehead atoms. The van der Waals surface area contributed by atoms with Crippen molar-refractivity contribution >= 4 is 16.8 Å². The van der Waals surface area contributed by atoms with Crippen molar-refractivity contribution in [1.29, 1.82) is 0 Å². The number of likely N-dealkylation sites (tertiary alicyclic amines) is 1. The van der Waals surface area contributed by atoms with E-state index in [1.165, 1.54) is 10.9 Å². The Labute approximate surface area is 200 Å². The minimum Gasteiger partial charge on any atom is -0.497 e. The number of ether oxygens (including phenoxy) is 2. The van der Waals surface area contributed by atoms with Crippen molar-refractivity contribution in [3.8, 4) is 11.5 Å². The number of carbonyl (C=O) groups excluding carboxylic acids is 1. The van der Waals surface area contributed by atoms with E-state index >= 15 is 0 Å². The van der Waals surface area contributed by atoms with Gasteiger partial charge in [-0.05, 0) is 36.6 Å². The van der Waals surface area contributed by atoms with Crippen LogP contribution >= 0.6 is 0 Å². The smallest absolute Gasteiger partial charge is 0.219 e. The number of aromatic amines is 1. The summed E-state index contributed by atoms with van der Waals surface area (Å²) < 4.78 is 11.1. The van der Waals surface area contributed by atoms with E-state index in [9.17, 15) is 9.90 Å². The fourth-order valence-corrected chi connectivity index (χ4v) is 5.99. The van der Waals surface area contributed by atoms with E-state index in [0.29, 0.717) is 6.54 Å². The van der Waals surface area contributed by atoms with Gasteiger partial charge in [-0.2, -0.15) is 0 Å². The molecule has 7 nitrogen and oxygen atoms in total. The molecule has 3 heterocycles. The zero-order valence-electron chi connectivity index (χ0n) is 20.1. The van der Waals surface area contributed by atoms with Gasteiger partial charge in [0.05, 0.1) is 26.9 Å². The maximum Gasteiger partial charge on any atom is 0.219 e. The number of aliphatic hydroxyl groups excluding tert-OH is 1. The molecule has 180 valence electrons. The third kappa shape index (κ3) is 3.73. The number of benzene rings is 2. The molecular formula is C27H33N3O4. The van der Waals surface area contributed by atoms with Crippen molar-refractivity contribution in [2.75, 3.05) is 40.5 Å². The van der Waals surface area contributed by atoms with Gasteiger partial charge in [0.2, 0.25) is 5.91 Å². The lowest BCUT2D eigenvalue weighted by molar-refractivity contribution is -0.130. The van der Waals surface area contributed by atoms with Crippen LogP contribution < -0.4 is 9.47 Å². The van der Waals surface area contributed by atoms with Crippen molar-refractivity contribution in [3.05, 3.63) is 59.3 Å². The van der Waals surface area contributed by atoms with E-state index < -0.39 is 0 Å². The number of methoxy groups -OCH3 is 2. The standard InChI is InChI=1S/C27H33N3O4/c1-18(32)29-12-10-27(11-13-29)17-30(15-19-6-4-5-7-24(19)34-3)23(16-31)26-25(27)21-9-8-20(33-2)14-22(21)28-26/h4-9,14,23,28,31H,10-13,15-17H2,1-3H3/t23-/m1/s1. The van der Waals surface area contributed by atoms with Gasteiger partial charge in [-0.1, -0.05) is 18.2 Å². The van der Waals surface area contributed by atoms with Crippen molar-refractivity contribution in [1.82, 2.24) is 14.8 Å². The molecule has 0 radical (unpaired) electrons. The predicted octanol–water partition coefficient (Wildman–Crippen LogP) is 3.61. The zero-order valence-corrected chi connectivity index (χ0v) is 20.1. The molecule has 2 aliphatic rings. The molecule has 0 saturated carbocycles. The quantitative estimate of drug-likeness (QED) is 0.604. The number of hydrogen-bond acceptors (Lipinski definition) is 5. The van der Waals surface area contributed by atoms with E-state index in [0.717, 1.165) is 60.7 Å². The molecule has 34 heavy (non-hydrogen) atoms. The van der Waals surface area contributed by atoms with Crippen LogP contribution in [0.5, 0.6) is 11.5 Å². The first-order valence-electron chi connectivity index (χ1n) is 11.9. The van der Waals surface area contributed by atoms with Gasteiger partial charge < -0.3 is 24.5 Å². The molecule has 1 atom stereocenters. The number of fused-ring (bicyclic) bond motifs is 4. The van der Waals surface area contributed by atoms with Crippen LogP contribution in [-0.2, 0) is 16.8 Å². The number of para-hydroxylation sites is 1. The Hall–Kier alpha value is -3.03. The number of nitrogens with one attached hydrogen (secondary N) is 1. The topological polar surface area (TPSA) is 78.0 Å². The van der Waals surface area contributed by atoms with E-state index in [2.05, 4.69) is 22.0 Å². The molecule has 0 aliphatic carbocycles. The lowest BCUT2D eigenvalue weighted by Gasteiger charge is -2.50. The maximum absolute atomic E-state index is 12.1. The third-order valence-corrected chi connectivity index (χ3v) is 7.75. The lowest BCUT2D eigenvalue weighted by atomic mass is 9.68. The molecule has 2 N–H and O–H groups in total. The summed E-state index contributed by atoms with van der Waals surface area (Å²) in [5, 5.41) is 11.8. The van der Waals surface area contributed by atoms with Crippen molar-refractivity contribution in [2.45, 2.75) is 37.8 Å². The molecule has 1 spiro atoms. The highest BCUT2D eigenvalue weighted by atomic mass is 16.5. The van der Waals surface area contributed by atoms with Gasteiger partial charge >= 0.3 is 0 Å². The van der Waals surface area contributed by atoms with Gasteiger partial charge in [0, 0.05) is 66.7 Å². The number of hydrogen-bond donors (Lipinski definition) is 2. The molecule has 1 aromatic heterocycles. The molecule has 0 unspecified atom stereocenters. The summed E-state index contributed by atoms with van der Waals surface area (Å²) >= 11 is 0. The summed E-state index contributed by atoms with van der Waals surface area (Å²) in [7, 11) is 3.37. The van der Waals surface area contributed by atoms with Crippen LogP contribution in [0, 0.1) is 0 Å². The van der Waals surface area contributed by atoms with Gasteiger partial charge in [-0.3, -0.25) is 9.69 Å². The summed E-state index contributed by atoms with van der Waals surface area (Å²) in [4.78, 5) is 20.0. The number of aliphatic hydroxyl groups is 1. The van der Waals surface area contributed by atoms with E-state index in [-0.39, 0.29) is 24.0 Å². The van der Waals surface area contributed by atoms with Gasteiger partial charge in [-0.15, -0.1) is 0 Å². The average Bonchev–Trinajstić information content (AvgIpc) is 3.24. The summed E-state index contributed by atoms with van der Waals surface area (Å²) in [5.41, 5.74) is 4.38.